The highest BCUT2D eigenvalue weighted by molar-refractivity contribution is 6.23. The fraction of sp³-hybridized carbons (Fsp3) is 0.200. The molecule has 9 aromatic carbocycles. The van der Waals surface area contributed by atoms with Crippen LogP contribution in [0.15, 0.2) is 162 Å². The molecule has 0 saturated heterocycles. The van der Waals surface area contributed by atoms with E-state index in [0.29, 0.717) is 5.92 Å². The Labute approximate surface area is 357 Å². The van der Waals surface area contributed by atoms with Crippen molar-refractivity contribution < 1.29 is 4.42 Å². The van der Waals surface area contributed by atoms with Gasteiger partial charge in [0.1, 0.15) is 11.2 Å². The minimum absolute atomic E-state index is 0.0867. The summed E-state index contributed by atoms with van der Waals surface area (Å²) in [6.07, 6.45) is 5.35. The number of hydrogen-bond acceptors (Lipinski definition) is 1. The topological polar surface area (TPSA) is 13.1 Å². The van der Waals surface area contributed by atoms with Gasteiger partial charge in [-0.1, -0.05) is 168 Å². The quantitative estimate of drug-likeness (QED) is 0.163. The Hall–Kier alpha value is -6.44. The maximum atomic E-state index is 6.62. The van der Waals surface area contributed by atoms with Crippen molar-refractivity contribution in [1.82, 2.24) is 0 Å². The molecule has 2 unspecified atom stereocenters. The van der Waals surface area contributed by atoms with E-state index in [-0.39, 0.29) is 10.8 Å². The second kappa shape index (κ2) is 12.6. The number of fused-ring (bicyclic) bond motifs is 13. The Balaban J connectivity index is 1.07. The minimum atomic E-state index is -0.0867. The van der Waals surface area contributed by atoms with Crippen molar-refractivity contribution >= 4 is 54.3 Å². The van der Waals surface area contributed by atoms with Gasteiger partial charge in [0.25, 0.3) is 0 Å². The second-order valence-corrected chi connectivity index (χ2v) is 19.5. The van der Waals surface area contributed by atoms with Crippen LogP contribution < -0.4 is 0 Å². The molecule has 0 N–H and O–H groups in total. The van der Waals surface area contributed by atoms with Crippen molar-refractivity contribution in [2.24, 2.45) is 5.92 Å². The van der Waals surface area contributed by atoms with Gasteiger partial charge in [0.05, 0.1) is 0 Å². The average Bonchev–Trinajstić information content (AvgIpc) is 3.87. The van der Waals surface area contributed by atoms with E-state index in [0.717, 1.165) is 28.0 Å². The smallest absolute Gasteiger partial charge is 0.136 e. The van der Waals surface area contributed by atoms with Gasteiger partial charge in [-0.25, -0.2) is 0 Å². The second-order valence-electron chi connectivity index (χ2n) is 19.5. The lowest BCUT2D eigenvalue weighted by atomic mass is 9.69. The molecule has 294 valence electrons. The van der Waals surface area contributed by atoms with Crippen LogP contribution >= 0.6 is 0 Å². The van der Waals surface area contributed by atoms with E-state index in [1.54, 1.807) is 11.1 Å². The first-order valence-electron chi connectivity index (χ1n) is 22.5. The van der Waals surface area contributed by atoms with Crippen LogP contribution in [-0.4, -0.2) is 0 Å². The number of hydrogen-bond donors (Lipinski definition) is 0. The molecule has 0 amide bonds. The summed E-state index contributed by atoms with van der Waals surface area (Å²) in [6.45, 7) is 9.82. The van der Waals surface area contributed by atoms with Crippen molar-refractivity contribution in [3.63, 3.8) is 0 Å². The van der Waals surface area contributed by atoms with Gasteiger partial charge in [-0.05, 0) is 160 Å². The summed E-state index contributed by atoms with van der Waals surface area (Å²) < 4.78 is 6.62. The highest BCUT2D eigenvalue weighted by atomic mass is 16.3. The van der Waals surface area contributed by atoms with Gasteiger partial charge in [-0.15, -0.1) is 0 Å². The van der Waals surface area contributed by atoms with Crippen molar-refractivity contribution in [3.8, 4) is 44.5 Å². The molecule has 1 fully saturated rings. The van der Waals surface area contributed by atoms with Crippen molar-refractivity contribution in [2.75, 3.05) is 0 Å². The third kappa shape index (κ3) is 4.89. The van der Waals surface area contributed by atoms with Crippen LogP contribution in [0, 0.1) is 5.92 Å². The molecular weight excluding hydrogens is 737 g/mol. The molecule has 0 radical (unpaired) electrons. The van der Waals surface area contributed by atoms with E-state index in [1.807, 2.05) is 0 Å². The normalized spacial score (nSPS) is 18.5. The Morgan fingerprint density at radius 1 is 0.443 bits per heavy atom. The van der Waals surface area contributed by atoms with Gasteiger partial charge in [0, 0.05) is 16.2 Å². The van der Waals surface area contributed by atoms with Crippen LogP contribution in [-0.2, 0) is 10.8 Å². The van der Waals surface area contributed by atoms with E-state index >= 15 is 0 Å². The predicted octanol–water partition coefficient (Wildman–Crippen LogP) is 16.9. The molecule has 0 aliphatic heterocycles. The first-order valence-corrected chi connectivity index (χ1v) is 22.5. The Morgan fingerprint density at radius 3 is 1.90 bits per heavy atom. The highest BCUT2D eigenvalue weighted by Gasteiger charge is 2.47. The zero-order chi connectivity index (χ0) is 40.8. The maximum absolute atomic E-state index is 6.62. The summed E-state index contributed by atoms with van der Waals surface area (Å²) in [5.41, 5.74) is 18.2. The monoisotopic (exact) mass is 784 g/mol. The summed E-state index contributed by atoms with van der Waals surface area (Å²) >= 11 is 0. The Bertz CT molecular complexity index is 3500. The van der Waals surface area contributed by atoms with Crippen LogP contribution in [0.3, 0.4) is 0 Å². The third-order valence-electron chi connectivity index (χ3n) is 15.7. The van der Waals surface area contributed by atoms with Crippen molar-refractivity contribution in [2.45, 2.75) is 70.1 Å². The summed E-state index contributed by atoms with van der Waals surface area (Å²) in [4.78, 5) is 0. The Kier molecular flexibility index (Phi) is 7.27. The minimum Gasteiger partial charge on any atom is -0.456 e. The van der Waals surface area contributed by atoms with Crippen molar-refractivity contribution in [1.29, 1.82) is 0 Å². The van der Waals surface area contributed by atoms with Crippen LogP contribution in [0.1, 0.15) is 81.5 Å². The van der Waals surface area contributed by atoms with Gasteiger partial charge in [-0.3, -0.25) is 0 Å². The first-order chi connectivity index (χ1) is 29.8. The van der Waals surface area contributed by atoms with Gasteiger partial charge in [0.2, 0.25) is 0 Å². The first kappa shape index (κ1) is 35.3. The van der Waals surface area contributed by atoms with E-state index in [1.165, 1.54) is 113 Å². The highest BCUT2D eigenvalue weighted by Crippen LogP contribution is 2.58. The van der Waals surface area contributed by atoms with E-state index in [9.17, 15) is 0 Å². The van der Waals surface area contributed by atoms with Gasteiger partial charge in [-0.2, -0.15) is 0 Å². The lowest BCUT2D eigenvalue weighted by Crippen LogP contribution is -2.28. The molecule has 1 aromatic heterocycles. The molecule has 3 aliphatic rings. The van der Waals surface area contributed by atoms with Crippen LogP contribution in [0.25, 0.3) is 98.8 Å². The summed E-state index contributed by atoms with van der Waals surface area (Å²) in [7, 11) is 0. The largest absolute Gasteiger partial charge is 0.456 e. The van der Waals surface area contributed by atoms with Gasteiger partial charge in [0.15, 0.2) is 0 Å². The molecule has 1 nitrogen and oxygen atoms in total. The zero-order valence-corrected chi connectivity index (χ0v) is 35.4. The molecular formula is C60H48O. The molecule has 1 saturated carbocycles. The zero-order valence-electron chi connectivity index (χ0n) is 35.4. The molecule has 13 rings (SSSR count). The molecule has 2 atom stereocenters. The summed E-state index contributed by atoms with van der Waals surface area (Å²) in [5, 5.41) is 10.0. The lowest BCUT2D eigenvalue weighted by molar-refractivity contribution is 0.233. The van der Waals surface area contributed by atoms with E-state index < -0.39 is 0 Å². The number of furan rings is 1. The predicted molar refractivity (Wildman–Crippen MR) is 258 cm³/mol. The van der Waals surface area contributed by atoms with Crippen LogP contribution in [0.4, 0.5) is 0 Å². The molecule has 3 aliphatic carbocycles. The van der Waals surface area contributed by atoms with Crippen LogP contribution in [0.5, 0.6) is 0 Å². The Morgan fingerprint density at radius 2 is 1.07 bits per heavy atom. The molecule has 0 bridgehead atoms. The fourth-order valence-corrected chi connectivity index (χ4v) is 12.7. The van der Waals surface area contributed by atoms with E-state index in [2.05, 4.69) is 185 Å². The van der Waals surface area contributed by atoms with Crippen molar-refractivity contribution in [3.05, 3.63) is 180 Å². The number of benzene rings is 9. The number of rotatable bonds is 3. The standard InChI is InChI=1S/C60H48O/c1-59(2)50-19-11-9-15-41(50)43-26-23-38(32-52(43)59)56-45-17-7-8-18-46(45)57(39-24-27-44-42-16-10-12-20-51(42)60(3,4)53(44)33-39)49-31-36(21-28-47(49)56)37-22-29-48-55(34-37)61-54-30-25-35-13-5-6-14-40(35)58(48)54/h5-9,11,13-15,17-19,21-34,42,51H,10,12,16,20H2,1-4H3. The SMILES string of the molecule is CC1(C)c2ccccc2-c2ccc(-c3c4ccccc4c(-c4ccc5c(c4)C(C)(C)C4CCCCC54)c4cc(-c5ccc6c(c5)oc5ccc7ccccc7c56)ccc34)cc21. The lowest BCUT2D eigenvalue weighted by Gasteiger charge is -2.34. The molecule has 10 aromatic rings. The maximum Gasteiger partial charge on any atom is 0.136 e. The van der Waals surface area contributed by atoms with Crippen LogP contribution in [0.2, 0.25) is 0 Å². The van der Waals surface area contributed by atoms with Gasteiger partial charge < -0.3 is 4.42 Å². The summed E-state index contributed by atoms with van der Waals surface area (Å²) in [5.74, 6) is 1.40. The third-order valence-corrected chi connectivity index (χ3v) is 15.7. The molecule has 61 heavy (non-hydrogen) atoms. The fourth-order valence-electron chi connectivity index (χ4n) is 12.7. The molecule has 1 heteroatoms. The van der Waals surface area contributed by atoms with Gasteiger partial charge >= 0.3 is 0 Å². The summed E-state index contributed by atoms with van der Waals surface area (Å²) in [6, 6.07) is 60.0. The average molecular weight is 785 g/mol. The van der Waals surface area contributed by atoms with E-state index in [4.69, 9.17) is 4.42 Å². The molecule has 0 spiro atoms. The molecule has 1 heterocycles.